The molecular weight excluding hydrogens is 163 g/mol. The van der Waals surface area contributed by atoms with Crippen molar-refractivity contribution < 1.29 is 14.3 Å². The summed E-state index contributed by atoms with van der Waals surface area (Å²) < 4.78 is 4.37. The Morgan fingerprint density at radius 1 is 1.45 bits per heavy atom. The second-order valence-corrected chi connectivity index (χ2v) is 4.91. The number of cyclic esters (lactones) is 2. The van der Waals surface area contributed by atoms with E-state index in [1.54, 1.807) is 0 Å². The first-order valence-corrected chi connectivity index (χ1v) is 5.41. The van der Waals surface area contributed by atoms with Crippen molar-refractivity contribution in [3.05, 3.63) is 0 Å². The van der Waals surface area contributed by atoms with Gasteiger partial charge < -0.3 is 4.74 Å². The average Bonchev–Trinajstić information content (AvgIpc) is 1.85. The van der Waals surface area contributed by atoms with Crippen molar-refractivity contribution in [2.45, 2.75) is 18.5 Å². The molecule has 0 amide bonds. The SMILES string of the molecule is C=[P+](C)C1CC(=O)OC(=O)C1. The van der Waals surface area contributed by atoms with Gasteiger partial charge in [0.25, 0.3) is 0 Å². The van der Waals surface area contributed by atoms with E-state index < -0.39 is 19.5 Å². The molecule has 1 aliphatic heterocycles. The van der Waals surface area contributed by atoms with Crippen LogP contribution in [-0.2, 0) is 14.3 Å². The summed E-state index contributed by atoms with van der Waals surface area (Å²) in [6.07, 6.45) is 4.55. The molecule has 0 aromatic rings. The number of carbonyl (C=O) groups is 2. The number of carbonyl (C=O) groups excluding carboxylic acids is 2. The fraction of sp³-hybridized carbons (Fsp3) is 0.571. The van der Waals surface area contributed by atoms with Crippen LogP contribution in [-0.4, -0.2) is 30.6 Å². The normalized spacial score (nSPS) is 21.4. The molecule has 1 unspecified atom stereocenters. The molecule has 0 N–H and O–H groups in total. The van der Waals surface area contributed by atoms with Gasteiger partial charge >= 0.3 is 11.9 Å². The van der Waals surface area contributed by atoms with E-state index in [0.29, 0.717) is 12.8 Å². The van der Waals surface area contributed by atoms with Crippen LogP contribution in [0.15, 0.2) is 0 Å². The molecule has 1 heterocycles. The molecule has 0 bridgehead atoms. The average molecular weight is 173 g/mol. The fourth-order valence-corrected chi connectivity index (χ4v) is 1.90. The van der Waals surface area contributed by atoms with Crippen LogP contribution in [0.1, 0.15) is 12.8 Å². The number of hydrogen-bond donors (Lipinski definition) is 0. The van der Waals surface area contributed by atoms with Gasteiger partial charge in [-0.1, -0.05) is 0 Å². The van der Waals surface area contributed by atoms with Gasteiger partial charge in [-0.3, -0.25) is 9.59 Å². The molecule has 1 atom stereocenters. The van der Waals surface area contributed by atoms with Crippen molar-refractivity contribution in [1.82, 2.24) is 0 Å². The van der Waals surface area contributed by atoms with E-state index in [2.05, 4.69) is 11.0 Å². The summed E-state index contributed by atoms with van der Waals surface area (Å²) in [4.78, 5) is 21.5. The highest BCUT2D eigenvalue weighted by Crippen LogP contribution is 2.31. The summed E-state index contributed by atoms with van der Waals surface area (Å²) in [5, 5.41) is 0. The lowest BCUT2D eigenvalue weighted by Gasteiger charge is -2.13. The van der Waals surface area contributed by atoms with Gasteiger partial charge in [-0.25, -0.2) is 0 Å². The lowest BCUT2D eigenvalue weighted by molar-refractivity contribution is -0.162. The molecule has 1 aliphatic rings. The largest absolute Gasteiger partial charge is 0.393 e. The first-order valence-electron chi connectivity index (χ1n) is 3.36. The second-order valence-electron chi connectivity index (χ2n) is 2.67. The van der Waals surface area contributed by atoms with E-state index in [0.717, 1.165) is 0 Å². The molecule has 11 heavy (non-hydrogen) atoms. The van der Waals surface area contributed by atoms with Crippen LogP contribution in [0.5, 0.6) is 0 Å². The minimum atomic E-state index is -0.444. The second kappa shape index (κ2) is 3.14. The molecular formula is C7H10O3P+. The number of ether oxygens (including phenoxy) is 1. The molecule has 0 aromatic heterocycles. The van der Waals surface area contributed by atoms with E-state index in [-0.39, 0.29) is 5.66 Å². The summed E-state index contributed by atoms with van der Waals surface area (Å²) in [7, 11) is -0.444. The maximum atomic E-state index is 10.7. The smallest absolute Gasteiger partial charge is 0.317 e. The molecule has 0 aliphatic carbocycles. The van der Waals surface area contributed by atoms with E-state index in [1.807, 2.05) is 6.66 Å². The zero-order valence-corrected chi connectivity index (χ0v) is 7.27. The van der Waals surface area contributed by atoms with Crippen molar-refractivity contribution in [2.24, 2.45) is 0 Å². The summed E-state index contributed by atoms with van der Waals surface area (Å²) in [5.74, 6) is -0.798. The monoisotopic (exact) mass is 173 g/mol. The Balaban J connectivity index is 2.63. The zero-order valence-electron chi connectivity index (χ0n) is 6.37. The standard InChI is InChI=1S/C7H10O3P/c1-11(2)5-3-6(8)10-7(9)4-5/h5H,1,3-4H2,2H3/q+1. The Hall–Kier alpha value is -0.690. The molecule has 0 spiro atoms. The van der Waals surface area contributed by atoms with Crippen molar-refractivity contribution in [2.75, 3.05) is 6.66 Å². The maximum Gasteiger partial charge on any atom is 0.317 e. The van der Waals surface area contributed by atoms with Crippen molar-refractivity contribution >= 4 is 25.8 Å². The number of esters is 2. The molecule has 0 saturated carbocycles. The van der Waals surface area contributed by atoms with Crippen molar-refractivity contribution in [1.29, 1.82) is 0 Å². The minimum absolute atomic E-state index is 0.138. The van der Waals surface area contributed by atoms with Gasteiger partial charge in [0.2, 0.25) is 0 Å². The van der Waals surface area contributed by atoms with Crippen LogP contribution in [0.2, 0.25) is 0 Å². The summed E-state index contributed by atoms with van der Waals surface area (Å²) in [6.45, 7) is 1.96. The lowest BCUT2D eigenvalue weighted by Crippen LogP contribution is -2.26. The van der Waals surface area contributed by atoms with Crippen LogP contribution in [0.4, 0.5) is 0 Å². The lowest BCUT2D eigenvalue weighted by atomic mass is 10.2. The fourth-order valence-electron chi connectivity index (χ4n) is 0.979. The van der Waals surface area contributed by atoms with E-state index in [9.17, 15) is 9.59 Å². The maximum absolute atomic E-state index is 10.7. The van der Waals surface area contributed by atoms with Crippen LogP contribution < -0.4 is 0 Å². The molecule has 1 rings (SSSR count). The van der Waals surface area contributed by atoms with E-state index in [4.69, 9.17) is 0 Å². The number of hydrogen-bond acceptors (Lipinski definition) is 3. The Kier molecular flexibility index (Phi) is 2.40. The van der Waals surface area contributed by atoms with Gasteiger partial charge in [-0.05, 0) is 0 Å². The van der Waals surface area contributed by atoms with Gasteiger partial charge in [0, 0.05) is 0 Å². The van der Waals surface area contributed by atoms with Gasteiger partial charge in [0.15, 0.2) is 0 Å². The third-order valence-corrected chi connectivity index (χ3v) is 3.27. The van der Waals surface area contributed by atoms with Crippen LogP contribution >= 0.6 is 7.55 Å². The van der Waals surface area contributed by atoms with E-state index >= 15 is 0 Å². The topological polar surface area (TPSA) is 43.4 Å². The highest BCUT2D eigenvalue weighted by molar-refractivity contribution is 7.55. The summed E-state index contributed by atoms with van der Waals surface area (Å²) >= 11 is 0. The minimum Gasteiger partial charge on any atom is -0.393 e. The van der Waals surface area contributed by atoms with Crippen LogP contribution in [0.25, 0.3) is 0 Å². The van der Waals surface area contributed by atoms with Crippen LogP contribution in [0, 0.1) is 0 Å². The quantitative estimate of drug-likeness (QED) is 0.334. The Bertz CT molecular complexity index is 206. The molecule has 0 aromatic carbocycles. The molecule has 1 saturated heterocycles. The molecule has 4 heteroatoms. The zero-order chi connectivity index (χ0) is 8.43. The Morgan fingerprint density at radius 2 is 1.91 bits per heavy atom. The molecule has 0 radical (unpaired) electrons. The van der Waals surface area contributed by atoms with Gasteiger partial charge in [-0.2, -0.15) is 0 Å². The predicted molar refractivity (Wildman–Crippen MR) is 44.1 cm³/mol. The predicted octanol–water partition coefficient (Wildman–Crippen LogP) is 0.762. The summed E-state index contributed by atoms with van der Waals surface area (Å²) in [6, 6.07) is 0. The first-order chi connectivity index (χ1) is 5.09. The van der Waals surface area contributed by atoms with E-state index in [1.165, 1.54) is 0 Å². The molecule has 1 fully saturated rings. The first kappa shape index (κ1) is 8.41. The van der Waals surface area contributed by atoms with Gasteiger partial charge in [0.1, 0.15) is 5.66 Å². The van der Waals surface area contributed by atoms with Crippen molar-refractivity contribution in [3.8, 4) is 0 Å². The van der Waals surface area contributed by atoms with Crippen molar-refractivity contribution in [3.63, 3.8) is 0 Å². The Morgan fingerprint density at radius 3 is 2.27 bits per heavy atom. The Labute approximate surface area is 66.1 Å². The molecule has 60 valence electrons. The highest BCUT2D eigenvalue weighted by Gasteiger charge is 2.33. The third kappa shape index (κ3) is 2.12. The van der Waals surface area contributed by atoms with Gasteiger partial charge in [-0.15, -0.1) is 0 Å². The van der Waals surface area contributed by atoms with Crippen LogP contribution in [0.3, 0.4) is 0 Å². The molecule has 3 nitrogen and oxygen atoms in total. The summed E-state index contributed by atoms with van der Waals surface area (Å²) in [5.41, 5.74) is 0.138. The third-order valence-electron chi connectivity index (χ3n) is 1.66. The van der Waals surface area contributed by atoms with Gasteiger partial charge in [0.05, 0.1) is 33.4 Å². The highest BCUT2D eigenvalue weighted by atomic mass is 31.1. The number of rotatable bonds is 1.